The molecule has 0 unspecified atom stereocenters. The first-order chi connectivity index (χ1) is 5.61. The maximum absolute atomic E-state index is 6.48. The van der Waals surface area contributed by atoms with Crippen LogP contribution >= 0.6 is 8.45 Å². The molecule has 0 radical (unpaired) electrons. The second-order valence-electron chi connectivity index (χ2n) is 3.83. The number of halogens is 1. The molecular formula is C10H19ClPo. The van der Waals surface area contributed by atoms with E-state index in [1.807, 2.05) is 0 Å². The fourth-order valence-corrected chi connectivity index (χ4v) is 7.28. The Labute approximate surface area is 84.4 Å². The van der Waals surface area contributed by atoms with Crippen LogP contribution in [0.5, 0.6) is 0 Å². The third-order valence-electron chi connectivity index (χ3n) is 2.37. The Hall–Kier alpha value is 0.926. The number of hydrogen-bond donors (Lipinski definition) is 0. The molecule has 0 heterocycles. The summed E-state index contributed by atoms with van der Waals surface area (Å²) in [6.45, 7) is 0. The van der Waals surface area contributed by atoms with Crippen LogP contribution in [0.4, 0.5) is 0 Å². The van der Waals surface area contributed by atoms with Crippen molar-refractivity contribution in [3.05, 3.63) is 9.31 Å². The van der Waals surface area contributed by atoms with E-state index in [1.165, 1.54) is 38.5 Å². The third-order valence-corrected chi connectivity index (χ3v) is 10.4. The Kier molecular flexibility index (Phi) is 4.56. The van der Waals surface area contributed by atoms with Gasteiger partial charge in [-0.2, -0.15) is 0 Å². The SMILES string of the molecule is [CH3][Po]([CH3])([Cl])/[C]1=C/CCCCCC1. The van der Waals surface area contributed by atoms with Gasteiger partial charge in [0.2, 0.25) is 0 Å². The fraction of sp³-hybridized carbons (Fsp3) is 0.800. The van der Waals surface area contributed by atoms with E-state index in [2.05, 4.69) is 15.2 Å². The second kappa shape index (κ2) is 4.97. The summed E-state index contributed by atoms with van der Waals surface area (Å²) in [5.74, 6) is 0. The average Bonchev–Trinajstić information content (AvgIpc) is 1.81. The minimum atomic E-state index is -2.16. The van der Waals surface area contributed by atoms with Gasteiger partial charge >= 0.3 is 84.8 Å². The van der Waals surface area contributed by atoms with Crippen LogP contribution in [0.2, 0.25) is 9.17 Å². The van der Waals surface area contributed by atoms with Crippen LogP contribution in [0.3, 0.4) is 0 Å². The first-order valence-corrected chi connectivity index (χ1v) is 16.6. The van der Waals surface area contributed by atoms with Crippen LogP contribution in [0.1, 0.15) is 38.5 Å². The quantitative estimate of drug-likeness (QED) is 0.635. The van der Waals surface area contributed by atoms with Crippen LogP contribution < -0.4 is 0 Å². The van der Waals surface area contributed by atoms with Crippen molar-refractivity contribution in [3.8, 4) is 0 Å². The van der Waals surface area contributed by atoms with Crippen molar-refractivity contribution in [2.24, 2.45) is 0 Å². The summed E-state index contributed by atoms with van der Waals surface area (Å²) >= 11 is -2.16. The van der Waals surface area contributed by atoms with Crippen LogP contribution in [0.15, 0.2) is 9.31 Å². The Bertz CT molecular complexity index is 167. The Morgan fingerprint density at radius 1 is 1.17 bits per heavy atom. The van der Waals surface area contributed by atoms with E-state index in [4.69, 9.17) is 8.45 Å². The van der Waals surface area contributed by atoms with Crippen molar-refractivity contribution >= 4 is 27.8 Å². The van der Waals surface area contributed by atoms with E-state index in [1.54, 1.807) is 3.23 Å². The third kappa shape index (κ3) is 3.76. The van der Waals surface area contributed by atoms with Crippen molar-refractivity contribution in [3.63, 3.8) is 0 Å². The number of rotatable bonds is 1. The predicted molar refractivity (Wildman–Crippen MR) is 59.1 cm³/mol. The molecule has 0 nitrogen and oxygen atoms in total. The van der Waals surface area contributed by atoms with Crippen LogP contribution in [0, 0.1) is 0 Å². The van der Waals surface area contributed by atoms with Crippen LogP contribution in [-0.2, 0) is 0 Å². The Morgan fingerprint density at radius 3 is 2.50 bits per heavy atom. The molecule has 0 aromatic carbocycles. The molecule has 0 saturated carbocycles. The molecule has 0 aromatic heterocycles. The Balaban J connectivity index is 2.59. The minimum absolute atomic E-state index is 1.28. The zero-order chi connectivity index (χ0) is 9.03. The molecule has 1 aliphatic carbocycles. The molecule has 2 heteroatoms. The molecule has 1 rings (SSSR count). The molecule has 0 spiro atoms. The fourth-order valence-electron chi connectivity index (χ4n) is 1.60. The molecule has 0 N–H and O–H groups in total. The molecule has 1 aliphatic rings. The van der Waals surface area contributed by atoms with Crippen LogP contribution in [0.25, 0.3) is 0 Å². The maximum atomic E-state index is 6.48. The van der Waals surface area contributed by atoms with Gasteiger partial charge in [0.05, 0.1) is 0 Å². The van der Waals surface area contributed by atoms with Gasteiger partial charge in [-0.3, -0.25) is 0 Å². The molecule has 72 valence electrons. The summed E-state index contributed by atoms with van der Waals surface area (Å²) in [7, 11) is 6.48. The summed E-state index contributed by atoms with van der Waals surface area (Å²) in [6, 6.07) is 0. The van der Waals surface area contributed by atoms with Gasteiger partial charge < -0.3 is 0 Å². The van der Waals surface area contributed by atoms with Gasteiger partial charge in [0.1, 0.15) is 0 Å². The van der Waals surface area contributed by atoms with E-state index in [9.17, 15) is 0 Å². The topological polar surface area (TPSA) is 0 Å². The molecule has 0 aliphatic heterocycles. The summed E-state index contributed by atoms with van der Waals surface area (Å²) in [6.07, 6.45) is 10.6. The van der Waals surface area contributed by atoms with Crippen LogP contribution in [-0.4, -0.2) is 19.4 Å². The summed E-state index contributed by atoms with van der Waals surface area (Å²) in [5, 5.41) is 0. The molecule has 0 atom stereocenters. The molecule has 0 bridgehead atoms. The average molecular weight is 384 g/mol. The summed E-state index contributed by atoms with van der Waals surface area (Å²) < 4.78 is 6.27. The monoisotopic (exact) mass is 383 g/mol. The second-order valence-corrected chi connectivity index (χ2v) is 22.0. The molecule has 0 aromatic rings. The van der Waals surface area contributed by atoms with Gasteiger partial charge in [-0.1, -0.05) is 0 Å². The first kappa shape index (κ1) is 11.0. The van der Waals surface area contributed by atoms with E-state index in [0.717, 1.165) is 0 Å². The zero-order valence-electron chi connectivity index (χ0n) is 8.11. The summed E-state index contributed by atoms with van der Waals surface area (Å²) in [5.41, 5.74) is 0. The molecule has 0 fully saturated rings. The van der Waals surface area contributed by atoms with Crippen molar-refractivity contribution < 1.29 is 0 Å². The van der Waals surface area contributed by atoms with E-state index >= 15 is 0 Å². The van der Waals surface area contributed by atoms with Gasteiger partial charge in [-0.15, -0.1) is 0 Å². The number of allylic oxidation sites excluding steroid dienone is 2. The van der Waals surface area contributed by atoms with Gasteiger partial charge in [-0.05, 0) is 0 Å². The van der Waals surface area contributed by atoms with E-state index in [0.29, 0.717) is 0 Å². The zero-order valence-corrected chi connectivity index (χ0v) is 12.0. The van der Waals surface area contributed by atoms with Gasteiger partial charge in [0.25, 0.3) is 0 Å². The van der Waals surface area contributed by atoms with Gasteiger partial charge in [0.15, 0.2) is 0 Å². The van der Waals surface area contributed by atoms with Crippen molar-refractivity contribution in [2.45, 2.75) is 47.7 Å². The van der Waals surface area contributed by atoms with Gasteiger partial charge in [0, 0.05) is 0 Å². The predicted octanol–water partition coefficient (Wildman–Crippen LogP) is 4.25. The van der Waals surface area contributed by atoms with Crippen molar-refractivity contribution in [1.29, 1.82) is 0 Å². The van der Waals surface area contributed by atoms with E-state index < -0.39 is 19.4 Å². The van der Waals surface area contributed by atoms with Crippen molar-refractivity contribution in [2.75, 3.05) is 0 Å². The van der Waals surface area contributed by atoms with Crippen molar-refractivity contribution in [1.82, 2.24) is 0 Å². The number of hydrogen-bond acceptors (Lipinski definition) is 0. The molecular weight excluding hydrogens is 365 g/mol. The Morgan fingerprint density at radius 2 is 1.83 bits per heavy atom. The molecule has 12 heavy (non-hydrogen) atoms. The standard InChI is InChI=1S/C8H13.2CH3.ClH.Po/c1-2-4-6-8-7-5-3-1;;;;/h1H,2,4-8H2;2*1H3;1H;/q;;;;+1/p-1. The van der Waals surface area contributed by atoms with Gasteiger partial charge in [-0.25, -0.2) is 0 Å². The summed E-state index contributed by atoms with van der Waals surface area (Å²) in [4.78, 5) is 0. The molecule has 0 amide bonds. The molecule has 0 saturated heterocycles. The normalized spacial score (nSPS) is 26.8. The first-order valence-electron chi connectivity index (χ1n) is 4.73. The van der Waals surface area contributed by atoms with E-state index in [-0.39, 0.29) is 0 Å².